The number of likely N-dealkylation sites (N-methyl/N-ethyl adjacent to an activating group) is 1. The van der Waals surface area contributed by atoms with Crippen LogP contribution in [0.4, 0.5) is 0 Å². The molecule has 3 rings (SSSR count). The zero-order chi connectivity index (χ0) is 24.1. The van der Waals surface area contributed by atoms with E-state index in [1.807, 2.05) is 6.92 Å². The summed E-state index contributed by atoms with van der Waals surface area (Å²) in [6.07, 6.45) is 0. The summed E-state index contributed by atoms with van der Waals surface area (Å²) in [5, 5.41) is -0.827. The van der Waals surface area contributed by atoms with E-state index in [2.05, 4.69) is 15.9 Å². The Morgan fingerprint density at radius 1 is 0.848 bits per heavy atom. The molecule has 0 radical (unpaired) electrons. The van der Waals surface area contributed by atoms with E-state index in [-0.39, 0.29) is 29.5 Å². The molecule has 0 N–H and O–H groups in total. The molecule has 0 heterocycles. The molecule has 0 aromatic heterocycles. The Labute approximate surface area is 204 Å². The van der Waals surface area contributed by atoms with Crippen LogP contribution in [-0.2, 0) is 24.1 Å². The summed E-state index contributed by atoms with van der Waals surface area (Å²) in [6.45, 7) is 2.19. The predicted molar refractivity (Wildman–Crippen MR) is 132 cm³/mol. The zero-order valence-corrected chi connectivity index (χ0v) is 21.6. The normalized spacial score (nSPS) is 13.2. The Kier molecular flexibility index (Phi) is 8.47. The minimum absolute atomic E-state index is 0.0921. The minimum atomic E-state index is -3.88. The summed E-state index contributed by atoms with van der Waals surface area (Å²) in [5.41, 5.74) is 1.61. The number of hydrogen-bond donors (Lipinski definition) is 0. The molecule has 0 bridgehead atoms. The third-order valence-corrected chi connectivity index (χ3v) is 9.14. The van der Waals surface area contributed by atoms with Crippen LogP contribution < -0.4 is 0 Å². The Morgan fingerprint density at radius 3 is 2.06 bits per heavy atom. The topological polar surface area (TPSA) is 80.8 Å². The van der Waals surface area contributed by atoms with Crippen LogP contribution in [0.25, 0.3) is 0 Å². The Hall–Kier alpha value is -2.04. The molecular formula is C24H26BrNO5S2. The van der Waals surface area contributed by atoms with Crippen molar-refractivity contribution in [3.63, 3.8) is 0 Å². The first-order valence-corrected chi connectivity index (χ1v) is 14.0. The van der Waals surface area contributed by atoms with Crippen molar-refractivity contribution < 1.29 is 21.0 Å². The van der Waals surface area contributed by atoms with E-state index in [9.17, 15) is 16.8 Å². The van der Waals surface area contributed by atoms with Gasteiger partial charge in [0.25, 0.3) is 10.1 Å². The lowest BCUT2D eigenvalue weighted by molar-refractivity contribution is 0.240. The average Bonchev–Trinajstić information content (AvgIpc) is 2.79. The number of nitrogens with zero attached hydrogens (tertiary/aromatic N) is 1. The van der Waals surface area contributed by atoms with Crippen molar-refractivity contribution in [2.45, 2.75) is 22.0 Å². The fraction of sp³-hybridized carbons (Fsp3) is 0.250. The summed E-state index contributed by atoms with van der Waals surface area (Å²) in [6, 6.07) is 21.9. The molecule has 0 amide bonds. The van der Waals surface area contributed by atoms with Crippen molar-refractivity contribution in [2.24, 2.45) is 0 Å². The maximum absolute atomic E-state index is 13.4. The Morgan fingerprint density at radius 2 is 1.45 bits per heavy atom. The quantitative estimate of drug-likeness (QED) is 0.342. The second kappa shape index (κ2) is 10.9. The van der Waals surface area contributed by atoms with Gasteiger partial charge in [0.05, 0.1) is 16.4 Å². The maximum atomic E-state index is 13.4. The average molecular weight is 553 g/mol. The van der Waals surface area contributed by atoms with E-state index >= 15 is 0 Å². The van der Waals surface area contributed by atoms with E-state index in [0.717, 1.165) is 10.0 Å². The molecule has 0 fully saturated rings. The van der Waals surface area contributed by atoms with Crippen LogP contribution in [0.3, 0.4) is 0 Å². The first-order valence-electron chi connectivity index (χ1n) is 10.3. The fourth-order valence-corrected chi connectivity index (χ4v) is 6.28. The molecule has 6 nitrogen and oxygen atoms in total. The van der Waals surface area contributed by atoms with Crippen LogP contribution in [-0.4, -0.2) is 48.5 Å². The highest BCUT2D eigenvalue weighted by Gasteiger charge is 2.30. The van der Waals surface area contributed by atoms with Gasteiger partial charge in [0, 0.05) is 17.6 Å². The van der Waals surface area contributed by atoms with Crippen molar-refractivity contribution in [1.29, 1.82) is 0 Å². The van der Waals surface area contributed by atoms with E-state index in [0.29, 0.717) is 5.56 Å². The summed E-state index contributed by atoms with van der Waals surface area (Å²) >= 11 is 3.38. The number of halogens is 1. The number of sulfone groups is 1. The van der Waals surface area contributed by atoms with Gasteiger partial charge in [0.2, 0.25) is 0 Å². The molecule has 3 aromatic carbocycles. The van der Waals surface area contributed by atoms with Gasteiger partial charge in [-0.3, -0.25) is 4.18 Å². The molecule has 176 valence electrons. The standard InChI is InChI=1S/C24H26BrNO5S2/c1-19-8-14-23(15-9-19)33(29,30)31-17-16-26(2)18-24(20-10-12-21(25)13-11-20)32(27,28)22-6-4-3-5-7-22/h3-15,24H,16-18H2,1-2H3. The molecule has 0 saturated carbocycles. The van der Waals surface area contributed by atoms with E-state index in [4.69, 9.17) is 4.18 Å². The third-order valence-electron chi connectivity index (χ3n) is 5.19. The molecule has 0 aliphatic heterocycles. The van der Waals surface area contributed by atoms with Crippen LogP contribution in [0.2, 0.25) is 0 Å². The van der Waals surface area contributed by atoms with Crippen LogP contribution >= 0.6 is 15.9 Å². The largest absolute Gasteiger partial charge is 0.302 e. The van der Waals surface area contributed by atoms with Gasteiger partial charge in [-0.25, -0.2) is 8.42 Å². The molecule has 0 aliphatic carbocycles. The summed E-state index contributed by atoms with van der Waals surface area (Å²) < 4.78 is 57.7. The second-order valence-corrected chi connectivity index (χ2v) is 12.4. The van der Waals surface area contributed by atoms with Crippen molar-refractivity contribution in [2.75, 3.05) is 26.7 Å². The second-order valence-electron chi connectivity index (χ2n) is 7.75. The van der Waals surface area contributed by atoms with Gasteiger partial charge in [0.15, 0.2) is 9.84 Å². The highest BCUT2D eigenvalue weighted by molar-refractivity contribution is 9.10. The van der Waals surface area contributed by atoms with E-state index < -0.39 is 25.2 Å². The van der Waals surface area contributed by atoms with Crippen molar-refractivity contribution in [1.82, 2.24) is 4.90 Å². The summed E-state index contributed by atoms with van der Waals surface area (Å²) in [4.78, 5) is 2.09. The van der Waals surface area contributed by atoms with Gasteiger partial charge in [-0.15, -0.1) is 0 Å². The minimum Gasteiger partial charge on any atom is -0.302 e. The Balaban J connectivity index is 1.73. The van der Waals surface area contributed by atoms with Crippen LogP contribution in [0.5, 0.6) is 0 Å². The molecule has 9 heteroatoms. The van der Waals surface area contributed by atoms with Gasteiger partial charge in [-0.05, 0) is 55.9 Å². The lowest BCUT2D eigenvalue weighted by Crippen LogP contribution is -2.32. The van der Waals surface area contributed by atoms with Crippen LogP contribution in [0, 0.1) is 6.92 Å². The van der Waals surface area contributed by atoms with Crippen molar-refractivity contribution in [3.05, 3.63) is 94.5 Å². The molecule has 1 atom stereocenters. The summed E-state index contributed by atoms with van der Waals surface area (Å²) in [7, 11) is -5.81. The first-order chi connectivity index (χ1) is 15.6. The van der Waals surface area contributed by atoms with E-state index in [1.54, 1.807) is 78.7 Å². The molecule has 0 spiro atoms. The fourth-order valence-electron chi connectivity index (χ4n) is 3.28. The van der Waals surface area contributed by atoms with Gasteiger partial charge in [0.1, 0.15) is 5.25 Å². The number of aryl methyl sites for hydroxylation is 1. The molecular weight excluding hydrogens is 526 g/mol. The Bertz CT molecular complexity index is 1260. The smallest absolute Gasteiger partial charge is 0.297 e. The maximum Gasteiger partial charge on any atom is 0.297 e. The number of hydrogen-bond acceptors (Lipinski definition) is 6. The van der Waals surface area contributed by atoms with Gasteiger partial charge < -0.3 is 4.90 Å². The van der Waals surface area contributed by atoms with Crippen molar-refractivity contribution in [3.8, 4) is 0 Å². The first kappa shape index (κ1) is 25.6. The van der Waals surface area contributed by atoms with Crippen LogP contribution in [0.15, 0.2) is 93.1 Å². The highest BCUT2D eigenvalue weighted by atomic mass is 79.9. The van der Waals surface area contributed by atoms with Gasteiger partial charge >= 0.3 is 0 Å². The lowest BCUT2D eigenvalue weighted by atomic mass is 10.1. The molecule has 0 aliphatic rings. The molecule has 3 aromatic rings. The SMILES string of the molecule is Cc1ccc(S(=O)(=O)OCCN(C)CC(c2ccc(Br)cc2)S(=O)(=O)c2ccccc2)cc1. The number of benzene rings is 3. The van der Waals surface area contributed by atoms with Gasteiger partial charge in [-0.1, -0.05) is 64.0 Å². The predicted octanol–water partition coefficient (Wildman–Crippen LogP) is 4.61. The highest BCUT2D eigenvalue weighted by Crippen LogP contribution is 2.30. The molecule has 33 heavy (non-hydrogen) atoms. The van der Waals surface area contributed by atoms with Crippen LogP contribution in [0.1, 0.15) is 16.4 Å². The van der Waals surface area contributed by atoms with E-state index in [1.165, 1.54) is 12.1 Å². The summed E-state index contributed by atoms with van der Waals surface area (Å²) in [5.74, 6) is 0. The van der Waals surface area contributed by atoms with Gasteiger partial charge in [-0.2, -0.15) is 8.42 Å². The third kappa shape index (κ3) is 6.74. The molecule has 0 saturated heterocycles. The zero-order valence-electron chi connectivity index (χ0n) is 18.4. The number of rotatable bonds is 10. The molecule has 1 unspecified atom stereocenters. The van der Waals surface area contributed by atoms with Crippen molar-refractivity contribution >= 4 is 35.9 Å². The monoisotopic (exact) mass is 551 g/mol. The lowest BCUT2D eigenvalue weighted by Gasteiger charge is -2.24.